The van der Waals surface area contributed by atoms with E-state index in [0.29, 0.717) is 23.7 Å². The topological polar surface area (TPSA) is 55.8 Å². The van der Waals surface area contributed by atoms with Crippen molar-refractivity contribution < 1.29 is 19.4 Å². The fourth-order valence-electron chi connectivity index (χ4n) is 2.45. The lowest BCUT2D eigenvalue weighted by atomic mass is 9.98. The molecule has 2 aromatic carbocycles. The highest BCUT2D eigenvalue weighted by atomic mass is 16.5. The first kappa shape index (κ1) is 18.6. The summed E-state index contributed by atoms with van der Waals surface area (Å²) in [5.74, 6) is 0.283. The lowest BCUT2D eigenvalue weighted by Gasteiger charge is -2.11. The number of carboxylic acids is 1. The minimum absolute atomic E-state index is 0.243. The van der Waals surface area contributed by atoms with Gasteiger partial charge in [-0.2, -0.15) is 0 Å². The van der Waals surface area contributed by atoms with Crippen LogP contribution in [0.15, 0.2) is 36.4 Å². The molecule has 0 amide bonds. The van der Waals surface area contributed by atoms with Crippen LogP contribution in [0.3, 0.4) is 0 Å². The minimum Gasteiger partial charge on any atom is -0.493 e. The summed E-state index contributed by atoms with van der Waals surface area (Å²) >= 11 is 0. The van der Waals surface area contributed by atoms with E-state index in [1.807, 2.05) is 45.0 Å². The molecular formula is C21H24O4. The molecule has 2 aromatic rings. The number of carbonyl (C=O) groups is 1. The first-order chi connectivity index (χ1) is 12.0. The number of carboxylic acid groups (broad SMARTS) is 1. The highest BCUT2D eigenvalue weighted by molar-refractivity contribution is 6.20. The van der Waals surface area contributed by atoms with E-state index >= 15 is 0 Å². The predicted molar refractivity (Wildman–Crippen MR) is 100 cm³/mol. The largest absolute Gasteiger partial charge is 0.493 e. The first-order valence-corrected chi connectivity index (χ1v) is 8.29. The number of hydrogen-bond donors (Lipinski definition) is 1. The smallest absolute Gasteiger partial charge is 0.336 e. The van der Waals surface area contributed by atoms with Crippen LogP contribution in [0.1, 0.15) is 35.6 Å². The summed E-state index contributed by atoms with van der Waals surface area (Å²) in [5, 5.41) is 9.62. The molecule has 0 spiro atoms. The monoisotopic (exact) mass is 340 g/mol. The third kappa shape index (κ3) is 4.63. The number of aryl methyl sites for hydroxylation is 2. The van der Waals surface area contributed by atoms with Gasteiger partial charge in [0.1, 0.15) is 0 Å². The summed E-state index contributed by atoms with van der Waals surface area (Å²) in [6.07, 6.45) is 2.55. The van der Waals surface area contributed by atoms with Crippen LogP contribution < -0.4 is 9.47 Å². The van der Waals surface area contributed by atoms with E-state index < -0.39 is 5.97 Å². The standard InChI is InChI=1S/C21H24O4/c1-5-10-25-19-9-7-16(13-20(19)24-4)12-18(21(22)23)17-8-6-14(2)15(3)11-17/h6-9,11-13H,5,10H2,1-4H3,(H,22,23)/b18-12-. The molecule has 0 radical (unpaired) electrons. The molecule has 0 bridgehead atoms. The number of methoxy groups -OCH3 is 1. The SMILES string of the molecule is CCCOc1ccc(/C=C(\C(=O)O)c2ccc(C)c(C)c2)cc1OC. The van der Waals surface area contributed by atoms with E-state index in [1.54, 1.807) is 25.3 Å². The molecule has 0 aliphatic carbocycles. The lowest BCUT2D eigenvalue weighted by Crippen LogP contribution is -2.01. The van der Waals surface area contributed by atoms with Crippen LogP contribution in [0.25, 0.3) is 11.6 Å². The Balaban J connectivity index is 2.43. The van der Waals surface area contributed by atoms with Crippen molar-refractivity contribution in [1.82, 2.24) is 0 Å². The number of rotatable bonds is 7. The van der Waals surface area contributed by atoms with E-state index in [2.05, 4.69) is 0 Å². The number of benzene rings is 2. The van der Waals surface area contributed by atoms with Gasteiger partial charge in [0.25, 0.3) is 0 Å². The van der Waals surface area contributed by atoms with Gasteiger partial charge >= 0.3 is 5.97 Å². The molecule has 25 heavy (non-hydrogen) atoms. The second kappa shape index (κ2) is 8.38. The van der Waals surface area contributed by atoms with Gasteiger partial charge in [0.2, 0.25) is 0 Å². The third-order valence-electron chi connectivity index (χ3n) is 4.01. The van der Waals surface area contributed by atoms with Crippen molar-refractivity contribution in [3.8, 4) is 11.5 Å². The molecule has 1 N–H and O–H groups in total. The molecule has 0 atom stereocenters. The van der Waals surface area contributed by atoms with Crippen molar-refractivity contribution >= 4 is 17.6 Å². The Bertz CT molecular complexity index is 790. The van der Waals surface area contributed by atoms with Crippen LogP contribution in [0.4, 0.5) is 0 Å². The van der Waals surface area contributed by atoms with Gasteiger partial charge in [0.05, 0.1) is 19.3 Å². The fourth-order valence-corrected chi connectivity index (χ4v) is 2.45. The molecule has 0 aliphatic rings. The van der Waals surface area contributed by atoms with Crippen molar-refractivity contribution in [3.05, 3.63) is 58.7 Å². The van der Waals surface area contributed by atoms with Crippen molar-refractivity contribution in [2.75, 3.05) is 13.7 Å². The van der Waals surface area contributed by atoms with E-state index in [0.717, 1.165) is 23.1 Å². The average Bonchev–Trinajstić information content (AvgIpc) is 2.60. The van der Waals surface area contributed by atoms with Gasteiger partial charge in [-0.25, -0.2) is 4.79 Å². The van der Waals surface area contributed by atoms with Crippen molar-refractivity contribution in [3.63, 3.8) is 0 Å². The van der Waals surface area contributed by atoms with Gasteiger partial charge < -0.3 is 14.6 Å². The molecule has 0 aliphatic heterocycles. The Kier molecular flexibility index (Phi) is 6.23. The van der Waals surface area contributed by atoms with Crippen LogP contribution in [0.2, 0.25) is 0 Å². The van der Waals surface area contributed by atoms with Crippen molar-refractivity contribution in [1.29, 1.82) is 0 Å². The summed E-state index contributed by atoms with van der Waals surface area (Å²) in [4.78, 5) is 11.7. The molecule has 0 heterocycles. The fraction of sp³-hybridized carbons (Fsp3) is 0.286. The molecule has 0 fully saturated rings. The van der Waals surface area contributed by atoms with E-state index in [4.69, 9.17) is 9.47 Å². The van der Waals surface area contributed by atoms with Gasteiger partial charge in [-0.05, 0) is 60.7 Å². The maximum atomic E-state index is 11.7. The summed E-state index contributed by atoms with van der Waals surface area (Å²) in [6, 6.07) is 11.1. The second-order valence-corrected chi connectivity index (χ2v) is 5.92. The Morgan fingerprint density at radius 3 is 2.44 bits per heavy atom. The molecule has 0 saturated carbocycles. The highest BCUT2D eigenvalue weighted by Crippen LogP contribution is 2.30. The van der Waals surface area contributed by atoms with Gasteiger partial charge in [-0.15, -0.1) is 0 Å². The van der Waals surface area contributed by atoms with Crippen LogP contribution in [0.5, 0.6) is 11.5 Å². The molecule has 132 valence electrons. The van der Waals surface area contributed by atoms with E-state index in [9.17, 15) is 9.90 Å². The molecule has 0 unspecified atom stereocenters. The summed E-state index contributed by atoms with van der Waals surface area (Å²) in [7, 11) is 1.57. The molecule has 0 saturated heterocycles. The first-order valence-electron chi connectivity index (χ1n) is 8.29. The maximum absolute atomic E-state index is 11.7. The van der Waals surface area contributed by atoms with Crippen molar-refractivity contribution in [2.24, 2.45) is 0 Å². The van der Waals surface area contributed by atoms with Crippen LogP contribution >= 0.6 is 0 Å². The Hall–Kier alpha value is -2.75. The molecule has 0 aromatic heterocycles. The molecule has 2 rings (SSSR count). The lowest BCUT2D eigenvalue weighted by molar-refractivity contribution is -0.130. The Morgan fingerprint density at radius 1 is 1.08 bits per heavy atom. The zero-order valence-corrected chi connectivity index (χ0v) is 15.1. The summed E-state index contributed by atoms with van der Waals surface area (Å²) in [5.41, 5.74) is 3.86. The highest BCUT2D eigenvalue weighted by Gasteiger charge is 2.12. The number of hydrogen-bond acceptors (Lipinski definition) is 3. The normalized spacial score (nSPS) is 11.3. The van der Waals surface area contributed by atoms with E-state index in [-0.39, 0.29) is 5.57 Å². The quantitative estimate of drug-likeness (QED) is 0.585. The Labute approximate surface area is 148 Å². The zero-order valence-electron chi connectivity index (χ0n) is 15.1. The second-order valence-electron chi connectivity index (χ2n) is 5.92. The average molecular weight is 340 g/mol. The predicted octanol–water partition coefficient (Wildman–Crippen LogP) is 4.73. The van der Waals surface area contributed by atoms with Crippen molar-refractivity contribution in [2.45, 2.75) is 27.2 Å². The van der Waals surface area contributed by atoms with Crippen LogP contribution in [-0.4, -0.2) is 24.8 Å². The maximum Gasteiger partial charge on any atom is 0.336 e. The van der Waals surface area contributed by atoms with Gasteiger partial charge in [0, 0.05) is 0 Å². The molecular weight excluding hydrogens is 316 g/mol. The molecule has 4 nitrogen and oxygen atoms in total. The van der Waals surface area contributed by atoms with E-state index in [1.165, 1.54) is 0 Å². The summed E-state index contributed by atoms with van der Waals surface area (Å²) in [6.45, 7) is 6.62. The Morgan fingerprint density at radius 2 is 1.84 bits per heavy atom. The van der Waals surface area contributed by atoms with Crippen LogP contribution in [-0.2, 0) is 4.79 Å². The molecule has 4 heteroatoms. The zero-order chi connectivity index (χ0) is 18.4. The number of aliphatic carboxylic acids is 1. The third-order valence-corrected chi connectivity index (χ3v) is 4.01. The van der Waals surface area contributed by atoms with Gasteiger partial charge in [0.15, 0.2) is 11.5 Å². The number of ether oxygens (including phenoxy) is 2. The summed E-state index contributed by atoms with van der Waals surface area (Å²) < 4.78 is 11.0. The van der Waals surface area contributed by atoms with Crippen LogP contribution in [0, 0.1) is 13.8 Å². The van der Waals surface area contributed by atoms with Gasteiger partial charge in [-0.3, -0.25) is 0 Å². The van der Waals surface area contributed by atoms with Gasteiger partial charge in [-0.1, -0.05) is 31.2 Å². The minimum atomic E-state index is -0.964.